The van der Waals surface area contributed by atoms with Gasteiger partial charge >= 0.3 is 0 Å². The molecule has 5 unspecified atom stereocenters. The van der Waals surface area contributed by atoms with Crippen LogP contribution in [-0.4, -0.2) is 69.0 Å². The first-order chi connectivity index (χ1) is 17.0. The van der Waals surface area contributed by atoms with E-state index in [9.17, 15) is 9.59 Å². The van der Waals surface area contributed by atoms with Crippen LogP contribution >= 0.6 is 0 Å². The number of rotatable bonds is 11. The predicted molar refractivity (Wildman–Crippen MR) is 134 cm³/mol. The molecule has 0 spiro atoms. The van der Waals surface area contributed by atoms with Crippen LogP contribution in [-0.2, 0) is 14.4 Å². The van der Waals surface area contributed by atoms with Crippen molar-refractivity contribution in [3.8, 4) is 0 Å². The number of fused-ring (bicyclic) bond motifs is 1. The summed E-state index contributed by atoms with van der Waals surface area (Å²) >= 11 is 0. The van der Waals surface area contributed by atoms with Gasteiger partial charge < -0.3 is 15.5 Å². The Labute approximate surface area is 210 Å². The van der Waals surface area contributed by atoms with Crippen LogP contribution in [0.25, 0.3) is 0 Å². The lowest BCUT2D eigenvalue weighted by molar-refractivity contribution is -0.134. The van der Waals surface area contributed by atoms with E-state index in [4.69, 9.17) is 4.84 Å². The van der Waals surface area contributed by atoms with Gasteiger partial charge in [-0.2, -0.15) is 5.48 Å². The van der Waals surface area contributed by atoms with Crippen molar-refractivity contribution in [1.82, 2.24) is 37.2 Å². The minimum absolute atomic E-state index is 0.0680. The average Bonchev–Trinajstić information content (AvgIpc) is 3.33. The van der Waals surface area contributed by atoms with Crippen molar-refractivity contribution < 1.29 is 14.4 Å². The molecular weight excluding hydrogens is 446 g/mol. The maximum atomic E-state index is 12.3. The highest BCUT2D eigenvalue weighted by Crippen LogP contribution is 2.34. The largest absolute Gasteiger partial charge is 0.356 e. The van der Waals surface area contributed by atoms with E-state index >= 15 is 0 Å². The second kappa shape index (κ2) is 13.3. The van der Waals surface area contributed by atoms with Crippen LogP contribution < -0.4 is 32.3 Å². The third kappa shape index (κ3) is 7.84. The molecule has 2 amide bonds. The number of carbonyl (C=O) groups excluding carboxylic acids is 2. The lowest BCUT2D eigenvalue weighted by Gasteiger charge is -2.41. The third-order valence-electron chi connectivity index (χ3n) is 8.30. The number of amides is 2. The molecule has 0 aromatic heterocycles. The zero-order valence-corrected chi connectivity index (χ0v) is 21.6. The highest BCUT2D eigenvalue weighted by molar-refractivity contribution is 5.79. The topological polar surface area (TPSA) is 119 Å². The first-order valence-corrected chi connectivity index (χ1v) is 13.9. The van der Waals surface area contributed by atoms with E-state index in [2.05, 4.69) is 51.3 Å². The maximum Gasteiger partial charge on any atom is 0.237 e. The highest BCUT2D eigenvalue weighted by atomic mass is 16.7. The molecule has 2 aliphatic carbocycles. The minimum Gasteiger partial charge on any atom is -0.356 e. The Kier molecular flexibility index (Phi) is 10.2. The second-order valence-corrected chi connectivity index (χ2v) is 11.3. The van der Waals surface area contributed by atoms with Gasteiger partial charge in [0.15, 0.2) is 0 Å². The Morgan fingerprint density at radius 3 is 2.69 bits per heavy atom. The summed E-state index contributed by atoms with van der Waals surface area (Å²) in [6.45, 7) is 2.63. The molecule has 6 N–H and O–H groups in total. The summed E-state index contributed by atoms with van der Waals surface area (Å²) in [4.78, 5) is 32.4. The maximum absolute atomic E-state index is 12.3. The van der Waals surface area contributed by atoms with Gasteiger partial charge in [-0.15, -0.1) is 0 Å². The van der Waals surface area contributed by atoms with Gasteiger partial charge in [0, 0.05) is 31.3 Å². The van der Waals surface area contributed by atoms with Gasteiger partial charge in [-0.05, 0) is 83.8 Å². The molecule has 2 aliphatic heterocycles. The van der Waals surface area contributed by atoms with Crippen LogP contribution in [0.4, 0.5) is 0 Å². The van der Waals surface area contributed by atoms with Crippen LogP contribution in [0, 0.1) is 23.7 Å². The monoisotopic (exact) mass is 493 g/mol. The summed E-state index contributed by atoms with van der Waals surface area (Å²) < 4.78 is 0. The zero-order chi connectivity index (χ0) is 24.6. The highest BCUT2D eigenvalue weighted by Gasteiger charge is 2.39. The van der Waals surface area contributed by atoms with Gasteiger partial charge in [-0.25, -0.2) is 5.43 Å². The SMILES string of the molecule is CN(C)CC1CCC(C2NOC(CCC(=O)NCCCNC3NNC(=O)C4CCCCC34)N2)CC1. The van der Waals surface area contributed by atoms with E-state index in [-0.39, 0.29) is 36.3 Å². The summed E-state index contributed by atoms with van der Waals surface area (Å²) in [6.07, 6.45) is 11.6. The van der Waals surface area contributed by atoms with Crippen molar-refractivity contribution in [3.05, 3.63) is 0 Å². The Morgan fingerprint density at radius 1 is 1.09 bits per heavy atom. The number of nitrogens with one attached hydrogen (secondary N) is 6. The predicted octanol–water partition coefficient (Wildman–Crippen LogP) is 0.774. The fraction of sp³-hybridized carbons (Fsp3) is 0.920. The first kappa shape index (κ1) is 26.8. The van der Waals surface area contributed by atoms with Crippen LogP contribution in [0.15, 0.2) is 0 Å². The number of nitrogens with zero attached hydrogens (tertiary/aromatic N) is 1. The van der Waals surface area contributed by atoms with Gasteiger partial charge in [-0.3, -0.25) is 25.2 Å². The van der Waals surface area contributed by atoms with Crippen molar-refractivity contribution in [1.29, 1.82) is 0 Å². The number of carbonyl (C=O) groups is 2. The molecule has 10 nitrogen and oxygen atoms in total. The van der Waals surface area contributed by atoms with E-state index in [1.807, 2.05) is 0 Å². The minimum atomic E-state index is -0.108. The summed E-state index contributed by atoms with van der Waals surface area (Å²) in [7, 11) is 4.30. The van der Waals surface area contributed by atoms with Crippen LogP contribution in [0.5, 0.6) is 0 Å². The summed E-state index contributed by atoms with van der Waals surface area (Å²) in [6, 6.07) is 0. The van der Waals surface area contributed by atoms with Gasteiger partial charge in [-0.1, -0.05) is 12.8 Å². The smallest absolute Gasteiger partial charge is 0.237 e. The van der Waals surface area contributed by atoms with E-state index in [1.165, 1.54) is 38.6 Å². The van der Waals surface area contributed by atoms with Crippen molar-refractivity contribution in [2.24, 2.45) is 23.7 Å². The Morgan fingerprint density at radius 2 is 1.89 bits per heavy atom. The molecule has 0 radical (unpaired) electrons. The fourth-order valence-corrected chi connectivity index (χ4v) is 6.38. The molecular formula is C25H47N7O3. The summed E-state index contributed by atoms with van der Waals surface area (Å²) in [5.74, 6) is 2.09. The number of hydroxylamine groups is 1. The quantitative estimate of drug-likeness (QED) is 0.234. The molecule has 35 heavy (non-hydrogen) atoms. The van der Waals surface area contributed by atoms with Gasteiger partial charge in [0.2, 0.25) is 11.8 Å². The Hall–Kier alpha value is -1.30. The van der Waals surface area contributed by atoms with E-state index in [1.54, 1.807) is 0 Å². The fourth-order valence-electron chi connectivity index (χ4n) is 6.38. The van der Waals surface area contributed by atoms with E-state index in [0.29, 0.717) is 31.2 Å². The van der Waals surface area contributed by atoms with Crippen LogP contribution in [0.2, 0.25) is 0 Å². The molecule has 0 bridgehead atoms. The molecule has 200 valence electrons. The standard InChI is InChI=1S/C25H47N7O3/c1-32(2)16-17-8-10-18(11-9-17)23-28-22(35-31-23)13-12-21(33)26-14-5-15-27-24-19-6-3-4-7-20(19)25(34)30-29-24/h17-20,22-24,27-29,31H,3-16H2,1-2H3,(H,26,33)(H,30,34). The summed E-state index contributed by atoms with van der Waals surface area (Å²) in [5.41, 5.74) is 9.13. The molecule has 4 rings (SSSR count). The molecule has 4 aliphatic rings. The zero-order valence-electron chi connectivity index (χ0n) is 21.6. The molecule has 0 aromatic rings. The van der Waals surface area contributed by atoms with Crippen molar-refractivity contribution in [3.63, 3.8) is 0 Å². The van der Waals surface area contributed by atoms with Crippen molar-refractivity contribution in [2.45, 2.75) is 89.2 Å². The lowest BCUT2D eigenvalue weighted by atomic mass is 9.76. The third-order valence-corrected chi connectivity index (χ3v) is 8.30. The second-order valence-electron chi connectivity index (χ2n) is 11.3. The summed E-state index contributed by atoms with van der Waals surface area (Å²) in [5, 5.41) is 10.1. The van der Waals surface area contributed by atoms with Gasteiger partial charge in [0.1, 0.15) is 6.23 Å². The van der Waals surface area contributed by atoms with Crippen LogP contribution in [0.1, 0.15) is 70.6 Å². The van der Waals surface area contributed by atoms with Gasteiger partial charge in [0.05, 0.1) is 12.3 Å². The molecule has 2 heterocycles. The number of hydrazine groups is 1. The lowest BCUT2D eigenvalue weighted by Crippen LogP contribution is -2.64. The molecule has 0 aromatic carbocycles. The van der Waals surface area contributed by atoms with Gasteiger partial charge in [0.25, 0.3) is 0 Å². The Bertz CT molecular complexity index is 686. The average molecular weight is 494 g/mol. The molecule has 2 saturated heterocycles. The molecule has 5 atom stereocenters. The first-order valence-electron chi connectivity index (χ1n) is 13.9. The number of hydrogen-bond donors (Lipinski definition) is 6. The molecule has 4 fully saturated rings. The number of hydrogen-bond acceptors (Lipinski definition) is 8. The van der Waals surface area contributed by atoms with Crippen molar-refractivity contribution >= 4 is 11.8 Å². The van der Waals surface area contributed by atoms with E-state index < -0.39 is 0 Å². The van der Waals surface area contributed by atoms with E-state index in [0.717, 1.165) is 38.1 Å². The van der Waals surface area contributed by atoms with Crippen molar-refractivity contribution in [2.75, 3.05) is 33.7 Å². The van der Waals surface area contributed by atoms with Crippen LogP contribution in [0.3, 0.4) is 0 Å². The normalized spacial score (nSPS) is 35.5. The Balaban J connectivity index is 1.04. The molecule has 10 heteroatoms. The molecule has 2 saturated carbocycles.